The summed E-state index contributed by atoms with van der Waals surface area (Å²) in [4.78, 5) is 11.2. The number of thioether (sulfide) groups is 1. The average Bonchev–Trinajstić information content (AvgIpc) is 2.79. The summed E-state index contributed by atoms with van der Waals surface area (Å²) in [7, 11) is 0. The number of carboxylic acid groups (broad SMARTS) is 1. The van der Waals surface area contributed by atoms with E-state index in [1.54, 1.807) is 6.07 Å². The number of carboxylic acids is 1. The highest BCUT2D eigenvalue weighted by Crippen LogP contribution is 2.32. The molecule has 2 unspecified atom stereocenters. The van der Waals surface area contributed by atoms with E-state index in [-0.39, 0.29) is 0 Å². The topological polar surface area (TPSA) is 49.3 Å². The molecule has 3 nitrogen and oxygen atoms in total. The Hall–Kier alpha value is -0.680. The molecule has 1 fully saturated rings. The number of anilines is 1. The molecule has 0 heterocycles. The molecule has 2 N–H and O–H groups in total. The van der Waals surface area contributed by atoms with Gasteiger partial charge in [0.05, 0.1) is 5.56 Å². The van der Waals surface area contributed by atoms with Crippen LogP contribution in [0, 0.1) is 0 Å². The largest absolute Gasteiger partial charge is 0.478 e. The van der Waals surface area contributed by atoms with Gasteiger partial charge in [0.2, 0.25) is 0 Å². The first kappa shape index (κ1) is 14.7. The second kappa shape index (κ2) is 6.66. The summed E-state index contributed by atoms with van der Waals surface area (Å²) in [6.45, 7) is 2.18. The van der Waals surface area contributed by atoms with E-state index in [9.17, 15) is 9.90 Å². The molecular weight excluding hydrogens is 326 g/mol. The summed E-state index contributed by atoms with van der Waals surface area (Å²) in [5.41, 5.74) is 1.06. The van der Waals surface area contributed by atoms with E-state index in [2.05, 4.69) is 28.2 Å². The lowest BCUT2D eigenvalue weighted by atomic mass is 10.1. The van der Waals surface area contributed by atoms with Crippen LogP contribution in [0.1, 0.15) is 36.5 Å². The first-order valence-electron chi connectivity index (χ1n) is 6.51. The van der Waals surface area contributed by atoms with Gasteiger partial charge in [0.25, 0.3) is 0 Å². The highest BCUT2D eigenvalue weighted by Gasteiger charge is 2.25. The second-order valence-corrected chi connectivity index (χ2v) is 7.22. The average molecular weight is 344 g/mol. The second-order valence-electron chi connectivity index (χ2n) is 4.73. The Morgan fingerprint density at radius 1 is 1.53 bits per heavy atom. The smallest absolute Gasteiger partial charge is 0.337 e. The van der Waals surface area contributed by atoms with Crippen LogP contribution < -0.4 is 5.32 Å². The van der Waals surface area contributed by atoms with Crippen molar-refractivity contribution in [2.75, 3.05) is 11.1 Å². The van der Waals surface area contributed by atoms with Gasteiger partial charge in [0.15, 0.2) is 0 Å². The summed E-state index contributed by atoms with van der Waals surface area (Å²) in [5.74, 6) is 0.261. The molecule has 0 aromatic heterocycles. The zero-order valence-electron chi connectivity index (χ0n) is 10.9. The highest BCUT2D eigenvalue weighted by molar-refractivity contribution is 9.10. The number of halogens is 1. The van der Waals surface area contributed by atoms with Gasteiger partial charge in [-0.25, -0.2) is 4.79 Å². The van der Waals surface area contributed by atoms with E-state index in [4.69, 9.17) is 0 Å². The van der Waals surface area contributed by atoms with Crippen LogP contribution in [0.25, 0.3) is 0 Å². The predicted octanol–water partition coefficient (Wildman–Crippen LogP) is 4.23. The van der Waals surface area contributed by atoms with Crippen molar-refractivity contribution in [1.29, 1.82) is 0 Å². The number of aromatic carboxylic acids is 1. The lowest BCUT2D eigenvalue weighted by molar-refractivity contribution is 0.0698. The molecule has 0 radical (unpaired) electrons. The number of hydrogen-bond donors (Lipinski definition) is 2. The van der Waals surface area contributed by atoms with E-state index in [1.807, 2.05) is 23.9 Å². The van der Waals surface area contributed by atoms with Crippen LogP contribution in [-0.2, 0) is 0 Å². The molecule has 0 bridgehead atoms. The summed E-state index contributed by atoms with van der Waals surface area (Å²) >= 11 is 5.32. The zero-order chi connectivity index (χ0) is 13.8. The molecule has 1 aliphatic carbocycles. The Labute approximate surface area is 126 Å². The molecule has 1 saturated carbocycles. The first-order valence-corrected chi connectivity index (χ1v) is 8.35. The van der Waals surface area contributed by atoms with Crippen LogP contribution in [0.15, 0.2) is 22.7 Å². The molecule has 1 aromatic carbocycles. The fourth-order valence-corrected chi connectivity index (χ4v) is 4.00. The van der Waals surface area contributed by atoms with Gasteiger partial charge in [-0.2, -0.15) is 11.8 Å². The standard InChI is InChI=1S/C14H18BrNO2S/c1-2-19-11-5-4-10(8-11)16-13-6-3-9(15)7-12(13)14(17)18/h3,6-7,10-11,16H,2,4-5,8H2,1H3,(H,17,18). The molecule has 0 spiro atoms. The highest BCUT2D eigenvalue weighted by atomic mass is 79.9. The normalized spacial score (nSPS) is 22.4. The van der Waals surface area contributed by atoms with E-state index < -0.39 is 5.97 Å². The number of carbonyl (C=O) groups is 1. The van der Waals surface area contributed by atoms with Gasteiger partial charge in [-0.15, -0.1) is 0 Å². The lowest BCUT2D eigenvalue weighted by Gasteiger charge is -2.16. The van der Waals surface area contributed by atoms with Gasteiger partial charge in [0.1, 0.15) is 0 Å². The Morgan fingerprint density at radius 2 is 2.32 bits per heavy atom. The minimum Gasteiger partial charge on any atom is -0.478 e. The minimum absolute atomic E-state index is 0.334. The van der Waals surface area contributed by atoms with Crippen molar-refractivity contribution in [3.05, 3.63) is 28.2 Å². The number of benzene rings is 1. The van der Waals surface area contributed by atoms with Crippen LogP contribution in [0.5, 0.6) is 0 Å². The Morgan fingerprint density at radius 3 is 3.00 bits per heavy atom. The monoisotopic (exact) mass is 343 g/mol. The van der Waals surface area contributed by atoms with Gasteiger partial charge in [-0.05, 0) is 43.2 Å². The fourth-order valence-electron chi connectivity index (χ4n) is 2.50. The van der Waals surface area contributed by atoms with E-state index in [0.29, 0.717) is 16.9 Å². The van der Waals surface area contributed by atoms with Crippen molar-refractivity contribution < 1.29 is 9.90 Å². The first-order chi connectivity index (χ1) is 9.10. The summed E-state index contributed by atoms with van der Waals surface area (Å²) < 4.78 is 0.793. The van der Waals surface area contributed by atoms with Gasteiger partial charge in [-0.3, -0.25) is 0 Å². The fraction of sp³-hybridized carbons (Fsp3) is 0.500. The van der Waals surface area contributed by atoms with Crippen LogP contribution in [0.4, 0.5) is 5.69 Å². The number of nitrogens with one attached hydrogen (secondary N) is 1. The maximum absolute atomic E-state index is 11.2. The molecule has 2 atom stereocenters. The molecule has 0 amide bonds. The van der Waals surface area contributed by atoms with E-state index in [0.717, 1.165) is 28.8 Å². The molecule has 0 aliphatic heterocycles. The van der Waals surface area contributed by atoms with Gasteiger partial charge < -0.3 is 10.4 Å². The van der Waals surface area contributed by atoms with Gasteiger partial charge in [-0.1, -0.05) is 22.9 Å². The maximum Gasteiger partial charge on any atom is 0.337 e. The van der Waals surface area contributed by atoms with E-state index in [1.165, 1.54) is 6.42 Å². The Kier molecular flexibility index (Phi) is 5.16. The molecule has 104 valence electrons. The Bertz CT molecular complexity index is 467. The summed E-state index contributed by atoms with van der Waals surface area (Å²) in [6, 6.07) is 5.76. The molecule has 1 aromatic rings. The van der Waals surface area contributed by atoms with Crippen LogP contribution in [0.2, 0.25) is 0 Å². The molecule has 1 aliphatic rings. The lowest BCUT2D eigenvalue weighted by Crippen LogP contribution is -2.18. The van der Waals surface area contributed by atoms with Gasteiger partial charge in [0, 0.05) is 21.5 Å². The van der Waals surface area contributed by atoms with Crippen LogP contribution in [-0.4, -0.2) is 28.1 Å². The van der Waals surface area contributed by atoms with Gasteiger partial charge >= 0.3 is 5.97 Å². The van der Waals surface area contributed by atoms with Crippen molar-refractivity contribution in [3.8, 4) is 0 Å². The van der Waals surface area contributed by atoms with Crippen LogP contribution in [0.3, 0.4) is 0 Å². The third-order valence-corrected chi connectivity index (χ3v) is 5.08. The quantitative estimate of drug-likeness (QED) is 0.839. The molecule has 19 heavy (non-hydrogen) atoms. The molecule has 2 rings (SSSR count). The Balaban J connectivity index is 2.05. The third kappa shape index (κ3) is 3.89. The van der Waals surface area contributed by atoms with Crippen LogP contribution >= 0.6 is 27.7 Å². The predicted molar refractivity (Wildman–Crippen MR) is 84.3 cm³/mol. The molecular formula is C14H18BrNO2S. The SMILES string of the molecule is CCSC1CCC(Nc2ccc(Br)cc2C(=O)O)C1. The molecule has 0 saturated heterocycles. The van der Waals surface area contributed by atoms with Crippen molar-refractivity contribution in [3.63, 3.8) is 0 Å². The minimum atomic E-state index is -0.888. The number of hydrogen-bond acceptors (Lipinski definition) is 3. The zero-order valence-corrected chi connectivity index (χ0v) is 13.3. The third-order valence-electron chi connectivity index (χ3n) is 3.36. The maximum atomic E-state index is 11.2. The number of rotatable bonds is 5. The summed E-state index contributed by atoms with van der Waals surface area (Å²) in [6.07, 6.45) is 3.45. The van der Waals surface area contributed by atoms with Crippen molar-refractivity contribution in [2.24, 2.45) is 0 Å². The van der Waals surface area contributed by atoms with E-state index >= 15 is 0 Å². The van der Waals surface area contributed by atoms with Crippen molar-refractivity contribution in [1.82, 2.24) is 0 Å². The van der Waals surface area contributed by atoms with Crippen molar-refractivity contribution >= 4 is 39.3 Å². The van der Waals surface area contributed by atoms with Crippen molar-refractivity contribution in [2.45, 2.75) is 37.5 Å². The molecule has 5 heteroatoms. The summed E-state index contributed by atoms with van der Waals surface area (Å²) in [5, 5.41) is 13.3.